The van der Waals surface area contributed by atoms with Gasteiger partial charge < -0.3 is 9.64 Å². The second kappa shape index (κ2) is 9.05. The van der Waals surface area contributed by atoms with Gasteiger partial charge in [0.2, 0.25) is 0 Å². The van der Waals surface area contributed by atoms with Crippen LogP contribution >= 0.6 is 11.6 Å². The lowest BCUT2D eigenvalue weighted by Gasteiger charge is -2.30. The number of methoxy groups -OCH3 is 1. The van der Waals surface area contributed by atoms with Crippen molar-refractivity contribution in [2.75, 3.05) is 29.8 Å². The number of aryl methyl sites for hydroxylation is 1. The normalized spacial score (nSPS) is 14.5. The number of benzene rings is 2. The fraction of sp³-hybridized carbons (Fsp3) is 0.381. The fourth-order valence-electron chi connectivity index (χ4n) is 3.54. The minimum absolute atomic E-state index is 0.0625. The molecule has 2 aromatic carbocycles. The molecule has 0 unspecified atom stereocenters. The van der Waals surface area contributed by atoms with Crippen molar-refractivity contribution in [2.24, 2.45) is 0 Å². The maximum Gasteiger partial charge on any atom is 0.337 e. The number of ether oxygens (including phenoxy) is 1. The van der Waals surface area contributed by atoms with Crippen molar-refractivity contribution in [3.8, 4) is 0 Å². The predicted octanol–water partition coefficient (Wildman–Crippen LogP) is 4.48. The molecule has 29 heavy (non-hydrogen) atoms. The van der Waals surface area contributed by atoms with Gasteiger partial charge in [-0.05, 0) is 61.6 Å². The Morgan fingerprint density at radius 1 is 1.14 bits per heavy atom. The molecule has 0 radical (unpaired) electrons. The van der Waals surface area contributed by atoms with Crippen LogP contribution in [0.3, 0.4) is 0 Å². The first kappa shape index (κ1) is 21.5. The summed E-state index contributed by atoms with van der Waals surface area (Å²) in [5.74, 6) is -0.583. The van der Waals surface area contributed by atoms with Gasteiger partial charge in [-0.25, -0.2) is 13.2 Å². The molecule has 0 atom stereocenters. The number of piperidine rings is 1. The number of hydrogen-bond acceptors (Lipinski definition) is 5. The third-order valence-corrected chi connectivity index (χ3v) is 6.74. The van der Waals surface area contributed by atoms with Gasteiger partial charge in [0, 0.05) is 18.1 Å². The molecule has 3 rings (SSSR count). The Hall–Kier alpha value is -2.25. The van der Waals surface area contributed by atoms with Crippen molar-refractivity contribution in [3.05, 3.63) is 52.5 Å². The zero-order valence-corrected chi connectivity index (χ0v) is 18.1. The van der Waals surface area contributed by atoms with Gasteiger partial charge >= 0.3 is 5.97 Å². The highest BCUT2D eigenvalue weighted by Gasteiger charge is 2.23. The van der Waals surface area contributed by atoms with Crippen LogP contribution in [-0.4, -0.2) is 34.6 Å². The Bertz CT molecular complexity index is 1000. The van der Waals surface area contributed by atoms with Crippen LogP contribution in [0, 0.1) is 0 Å². The second-order valence-corrected chi connectivity index (χ2v) is 9.07. The van der Waals surface area contributed by atoms with Crippen LogP contribution in [0.5, 0.6) is 0 Å². The van der Waals surface area contributed by atoms with Gasteiger partial charge in [-0.15, -0.1) is 0 Å². The van der Waals surface area contributed by atoms with E-state index < -0.39 is 16.0 Å². The molecular weight excluding hydrogens is 412 g/mol. The first-order valence-electron chi connectivity index (χ1n) is 9.64. The number of hydrogen-bond donors (Lipinski definition) is 1. The standard InChI is InChI=1S/C21H25ClN2O4S/c1-3-15-7-8-16(21(25)28-2)13-20(15)29(26,27)23-18-14-17(22)9-10-19(18)24-11-5-4-6-12-24/h7-10,13-14,23H,3-6,11-12H2,1-2H3. The molecule has 0 aliphatic carbocycles. The zero-order valence-electron chi connectivity index (χ0n) is 16.6. The monoisotopic (exact) mass is 436 g/mol. The summed E-state index contributed by atoms with van der Waals surface area (Å²) >= 11 is 6.16. The molecule has 0 saturated carbocycles. The number of carbonyl (C=O) groups is 1. The maximum absolute atomic E-state index is 13.3. The number of nitrogens with one attached hydrogen (secondary N) is 1. The summed E-state index contributed by atoms with van der Waals surface area (Å²) in [5, 5.41) is 0.447. The van der Waals surface area contributed by atoms with E-state index in [1.807, 2.05) is 13.0 Å². The van der Waals surface area contributed by atoms with E-state index >= 15 is 0 Å². The molecule has 0 bridgehead atoms. The Morgan fingerprint density at radius 2 is 1.86 bits per heavy atom. The highest BCUT2D eigenvalue weighted by Crippen LogP contribution is 2.33. The topological polar surface area (TPSA) is 75.7 Å². The molecule has 0 spiro atoms. The van der Waals surface area contributed by atoms with E-state index in [9.17, 15) is 13.2 Å². The van der Waals surface area contributed by atoms with Gasteiger partial charge in [-0.1, -0.05) is 24.6 Å². The molecule has 0 aromatic heterocycles. The lowest BCUT2D eigenvalue weighted by molar-refractivity contribution is 0.0600. The number of nitrogens with zero attached hydrogens (tertiary/aromatic N) is 1. The molecule has 1 aliphatic rings. The number of carbonyl (C=O) groups excluding carboxylic acids is 1. The number of halogens is 1. The highest BCUT2D eigenvalue weighted by atomic mass is 35.5. The third-order valence-electron chi connectivity index (χ3n) is 5.06. The van der Waals surface area contributed by atoms with Crippen LogP contribution in [0.2, 0.25) is 5.02 Å². The van der Waals surface area contributed by atoms with Gasteiger partial charge in [-0.3, -0.25) is 4.72 Å². The van der Waals surface area contributed by atoms with Crippen molar-refractivity contribution < 1.29 is 17.9 Å². The fourth-order valence-corrected chi connectivity index (χ4v) is 5.12. The quantitative estimate of drug-likeness (QED) is 0.675. The Morgan fingerprint density at radius 3 is 2.52 bits per heavy atom. The molecule has 1 saturated heterocycles. The van der Waals surface area contributed by atoms with Crippen LogP contribution in [0.4, 0.5) is 11.4 Å². The van der Waals surface area contributed by atoms with Gasteiger partial charge in [0.05, 0.1) is 28.9 Å². The van der Waals surface area contributed by atoms with E-state index in [-0.39, 0.29) is 10.5 Å². The van der Waals surface area contributed by atoms with Crippen molar-refractivity contribution in [3.63, 3.8) is 0 Å². The number of anilines is 2. The summed E-state index contributed by atoms with van der Waals surface area (Å²) in [7, 11) is -2.68. The molecule has 156 valence electrons. The number of sulfonamides is 1. The van der Waals surface area contributed by atoms with E-state index in [0.29, 0.717) is 22.7 Å². The Labute approximate surface area is 176 Å². The number of esters is 1. The zero-order chi connectivity index (χ0) is 21.0. The molecule has 1 N–H and O–H groups in total. The lowest BCUT2D eigenvalue weighted by Crippen LogP contribution is -2.30. The largest absolute Gasteiger partial charge is 0.465 e. The molecule has 8 heteroatoms. The summed E-state index contributed by atoms with van der Waals surface area (Å²) in [6.07, 6.45) is 3.81. The lowest BCUT2D eigenvalue weighted by atomic mass is 10.1. The first-order chi connectivity index (χ1) is 13.9. The number of rotatable bonds is 6. The molecule has 0 amide bonds. The van der Waals surface area contributed by atoms with Crippen LogP contribution in [-0.2, 0) is 21.2 Å². The van der Waals surface area contributed by atoms with E-state index in [1.165, 1.54) is 19.6 Å². The predicted molar refractivity (Wildman–Crippen MR) is 115 cm³/mol. The van der Waals surface area contributed by atoms with Gasteiger partial charge in [0.15, 0.2) is 0 Å². The molecule has 2 aromatic rings. The third kappa shape index (κ3) is 4.85. The molecule has 1 fully saturated rings. The summed E-state index contributed by atoms with van der Waals surface area (Å²) in [5.41, 5.74) is 2.05. The second-order valence-electron chi connectivity index (χ2n) is 6.98. The van der Waals surface area contributed by atoms with Crippen molar-refractivity contribution in [2.45, 2.75) is 37.5 Å². The first-order valence-corrected chi connectivity index (χ1v) is 11.5. The van der Waals surface area contributed by atoms with Crippen LogP contribution < -0.4 is 9.62 Å². The van der Waals surface area contributed by atoms with Crippen molar-refractivity contribution in [1.82, 2.24) is 0 Å². The summed E-state index contributed by atoms with van der Waals surface area (Å²) < 4.78 is 34.0. The van der Waals surface area contributed by atoms with E-state index in [4.69, 9.17) is 16.3 Å². The van der Waals surface area contributed by atoms with Gasteiger partial charge in [0.1, 0.15) is 0 Å². The summed E-state index contributed by atoms with van der Waals surface area (Å²) in [4.78, 5) is 14.1. The van der Waals surface area contributed by atoms with Crippen molar-refractivity contribution >= 4 is 39.0 Å². The molecule has 6 nitrogen and oxygen atoms in total. The Balaban J connectivity index is 2.02. The maximum atomic E-state index is 13.3. The SMILES string of the molecule is CCc1ccc(C(=O)OC)cc1S(=O)(=O)Nc1cc(Cl)ccc1N1CCCCC1. The minimum Gasteiger partial charge on any atom is -0.465 e. The van der Waals surface area contributed by atoms with E-state index in [2.05, 4.69) is 9.62 Å². The highest BCUT2D eigenvalue weighted by molar-refractivity contribution is 7.92. The van der Waals surface area contributed by atoms with Crippen molar-refractivity contribution in [1.29, 1.82) is 0 Å². The van der Waals surface area contributed by atoms with Crippen LogP contribution in [0.15, 0.2) is 41.3 Å². The average molecular weight is 437 g/mol. The van der Waals surface area contributed by atoms with Crippen LogP contribution in [0.1, 0.15) is 42.1 Å². The van der Waals surface area contributed by atoms with E-state index in [0.717, 1.165) is 31.6 Å². The minimum atomic E-state index is -3.94. The Kier molecular flexibility index (Phi) is 6.70. The average Bonchev–Trinajstić information content (AvgIpc) is 2.73. The smallest absolute Gasteiger partial charge is 0.337 e. The van der Waals surface area contributed by atoms with E-state index in [1.54, 1.807) is 24.3 Å². The summed E-state index contributed by atoms with van der Waals surface area (Å²) in [6, 6.07) is 9.80. The van der Waals surface area contributed by atoms with Crippen LogP contribution in [0.25, 0.3) is 0 Å². The summed E-state index contributed by atoms with van der Waals surface area (Å²) in [6.45, 7) is 3.60. The molecule has 1 aliphatic heterocycles. The van der Waals surface area contributed by atoms with Gasteiger partial charge in [0.25, 0.3) is 10.0 Å². The molecule has 1 heterocycles. The van der Waals surface area contributed by atoms with Gasteiger partial charge in [-0.2, -0.15) is 0 Å². The molecular formula is C21H25ClN2O4S.